The summed E-state index contributed by atoms with van der Waals surface area (Å²) in [7, 11) is 0. The average Bonchev–Trinajstić information content (AvgIpc) is 2.32. The van der Waals surface area contributed by atoms with Crippen molar-refractivity contribution in [3.05, 3.63) is 53.6 Å². The molecular weight excluding hydrogens is 221 g/mol. The normalized spacial score (nSPS) is 10.3. The number of nitrogens with zero attached hydrogens (tertiary/aromatic N) is 1. The topological polar surface area (TPSA) is 42.4 Å². The Hall–Kier alpha value is -1.94. The minimum Gasteiger partial charge on any atom is -0.454 e. The molecule has 1 aromatic carbocycles. The zero-order valence-corrected chi connectivity index (χ0v) is 9.35. The predicted octanol–water partition coefficient (Wildman–Crippen LogP) is 2.81. The van der Waals surface area contributed by atoms with Gasteiger partial charge in [-0.15, -0.1) is 0 Å². The molecule has 88 valence electrons. The van der Waals surface area contributed by atoms with Crippen molar-refractivity contribution in [2.75, 3.05) is 0 Å². The van der Waals surface area contributed by atoms with Gasteiger partial charge in [-0.25, -0.2) is 4.39 Å². The van der Waals surface area contributed by atoms with Crippen LogP contribution in [0.1, 0.15) is 11.3 Å². The molecule has 0 spiro atoms. The number of benzene rings is 1. The summed E-state index contributed by atoms with van der Waals surface area (Å²) >= 11 is 0. The molecule has 0 bridgehead atoms. The van der Waals surface area contributed by atoms with Gasteiger partial charge in [-0.3, -0.25) is 4.98 Å². The SMILES string of the molecule is Cc1cc(Oc2ccccc2F)c(CO)cn1. The molecule has 0 amide bonds. The molecule has 4 heteroatoms. The van der Waals surface area contributed by atoms with Crippen LogP contribution in [0.15, 0.2) is 36.5 Å². The molecule has 2 rings (SSSR count). The number of hydrogen-bond donors (Lipinski definition) is 1. The van der Waals surface area contributed by atoms with Crippen LogP contribution in [0.4, 0.5) is 4.39 Å². The third-order valence-corrected chi connectivity index (χ3v) is 2.31. The highest BCUT2D eigenvalue weighted by atomic mass is 19.1. The maximum absolute atomic E-state index is 13.4. The van der Waals surface area contributed by atoms with Gasteiger partial charge in [0.05, 0.1) is 6.61 Å². The van der Waals surface area contributed by atoms with Gasteiger partial charge in [0.1, 0.15) is 5.75 Å². The molecule has 0 aliphatic carbocycles. The van der Waals surface area contributed by atoms with Gasteiger partial charge in [0.2, 0.25) is 0 Å². The van der Waals surface area contributed by atoms with Crippen LogP contribution in [0.25, 0.3) is 0 Å². The van der Waals surface area contributed by atoms with Crippen LogP contribution in [-0.4, -0.2) is 10.1 Å². The van der Waals surface area contributed by atoms with Crippen molar-refractivity contribution in [2.24, 2.45) is 0 Å². The number of rotatable bonds is 3. The summed E-state index contributed by atoms with van der Waals surface area (Å²) < 4.78 is 18.8. The van der Waals surface area contributed by atoms with Crippen molar-refractivity contribution in [1.29, 1.82) is 0 Å². The first kappa shape index (κ1) is 11.5. The van der Waals surface area contributed by atoms with E-state index in [0.717, 1.165) is 5.69 Å². The molecular formula is C13H12FNO2. The Bertz CT molecular complexity index is 529. The summed E-state index contributed by atoms with van der Waals surface area (Å²) in [6.45, 7) is 1.60. The lowest BCUT2D eigenvalue weighted by Crippen LogP contribution is -1.96. The van der Waals surface area contributed by atoms with E-state index < -0.39 is 5.82 Å². The van der Waals surface area contributed by atoms with Crippen LogP contribution in [-0.2, 0) is 6.61 Å². The van der Waals surface area contributed by atoms with E-state index in [9.17, 15) is 4.39 Å². The van der Waals surface area contributed by atoms with Crippen LogP contribution in [0.5, 0.6) is 11.5 Å². The van der Waals surface area contributed by atoms with Gasteiger partial charge in [0.25, 0.3) is 0 Å². The molecule has 1 heterocycles. The number of ether oxygens (including phenoxy) is 1. The van der Waals surface area contributed by atoms with E-state index in [1.807, 2.05) is 0 Å². The predicted molar refractivity (Wildman–Crippen MR) is 61.4 cm³/mol. The molecule has 2 aromatic rings. The second kappa shape index (κ2) is 4.93. The lowest BCUT2D eigenvalue weighted by Gasteiger charge is -2.10. The van der Waals surface area contributed by atoms with Gasteiger partial charge < -0.3 is 9.84 Å². The fourth-order valence-corrected chi connectivity index (χ4v) is 1.42. The number of pyridine rings is 1. The minimum atomic E-state index is -0.439. The smallest absolute Gasteiger partial charge is 0.165 e. The lowest BCUT2D eigenvalue weighted by molar-refractivity contribution is 0.275. The molecule has 1 aromatic heterocycles. The first-order chi connectivity index (χ1) is 8.20. The number of hydrogen-bond acceptors (Lipinski definition) is 3. The summed E-state index contributed by atoms with van der Waals surface area (Å²) in [6.07, 6.45) is 1.52. The molecule has 0 unspecified atom stereocenters. The van der Waals surface area contributed by atoms with Crippen LogP contribution in [0, 0.1) is 12.7 Å². The van der Waals surface area contributed by atoms with E-state index in [1.165, 1.54) is 18.3 Å². The molecule has 3 nitrogen and oxygen atoms in total. The van der Waals surface area contributed by atoms with Gasteiger partial charge in [-0.1, -0.05) is 12.1 Å². The van der Waals surface area contributed by atoms with Gasteiger partial charge in [0, 0.05) is 23.5 Å². The zero-order chi connectivity index (χ0) is 12.3. The van der Waals surface area contributed by atoms with Crippen molar-refractivity contribution < 1.29 is 14.2 Å². The van der Waals surface area contributed by atoms with Crippen molar-refractivity contribution in [2.45, 2.75) is 13.5 Å². The van der Waals surface area contributed by atoms with E-state index in [2.05, 4.69) is 4.98 Å². The van der Waals surface area contributed by atoms with Gasteiger partial charge >= 0.3 is 0 Å². The van der Waals surface area contributed by atoms with E-state index in [-0.39, 0.29) is 12.4 Å². The standard InChI is InChI=1S/C13H12FNO2/c1-9-6-13(10(8-16)7-15-9)17-12-5-3-2-4-11(12)14/h2-7,16H,8H2,1H3. The van der Waals surface area contributed by atoms with E-state index >= 15 is 0 Å². The van der Waals surface area contributed by atoms with Crippen molar-refractivity contribution in [3.8, 4) is 11.5 Å². The molecule has 0 radical (unpaired) electrons. The molecule has 17 heavy (non-hydrogen) atoms. The van der Waals surface area contributed by atoms with E-state index in [1.54, 1.807) is 25.1 Å². The quantitative estimate of drug-likeness (QED) is 0.886. The summed E-state index contributed by atoms with van der Waals surface area (Å²) in [4.78, 5) is 4.04. The number of aliphatic hydroxyl groups excluding tert-OH is 1. The van der Waals surface area contributed by atoms with E-state index in [4.69, 9.17) is 9.84 Å². The number of para-hydroxylation sites is 1. The number of aliphatic hydroxyl groups is 1. The van der Waals surface area contributed by atoms with Crippen LogP contribution in [0.3, 0.4) is 0 Å². The third-order valence-electron chi connectivity index (χ3n) is 2.31. The Kier molecular flexibility index (Phi) is 3.35. The lowest BCUT2D eigenvalue weighted by atomic mass is 10.2. The first-order valence-electron chi connectivity index (χ1n) is 5.19. The van der Waals surface area contributed by atoms with Crippen molar-refractivity contribution in [3.63, 3.8) is 0 Å². The summed E-state index contributed by atoms with van der Waals surface area (Å²) in [6, 6.07) is 7.80. The maximum Gasteiger partial charge on any atom is 0.165 e. The highest BCUT2D eigenvalue weighted by Gasteiger charge is 2.08. The largest absolute Gasteiger partial charge is 0.454 e. The van der Waals surface area contributed by atoms with Gasteiger partial charge in [-0.05, 0) is 19.1 Å². The van der Waals surface area contributed by atoms with Crippen LogP contribution in [0.2, 0.25) is 0 Å². The first-order valence-corrected chi connectivity index (χ1v) is 5.19. The molecule has 0 saturated heterocycles. The van der Waals surface area contributed by atoms with Crippen LogP contribution < -0.4 is 4.74 Å². The third kappa shape index (κ3) is 2.60. The van der Waals surface area contributed by atoms with Gasteiger partial charge in [-0.2, -0.15) is 0 Å². The monoisotopic (exact) mass is 233 g/mol. The molecule has 1 N–H and O–H groups in total. The molecule has 0 saturated carbocycles. The van der Waals surface area contributed by atoms with Crippen molar-refractivity contribution in [1.82, 2.24) is 4.98 Å². The van der Waals surface area contributed by atoms with Crippen molar-refractivity contribution >= 4 is 0 Å². The summed E-state index contributed by atoms with van der Waals surface area (Å²) in [5.41, 5.74) is 1.27. The highest BCUT2D eigenvalue weighted by molar-refractivity contribution is 5.37. The number of aryl methyl sites for hydroxylation is 1. The summed E-state index contributed by atoms with van der Waals surface area (Å²) in [5.74, 6) is 0.115. The molecule has 0 aliphatic rings. The second-order valence-corrected chi connectivity index (χ2v) is 3.62. The number of aromatic nitrogens is 1. The fraction of sp³-hybridized carbons (Fsp3) is 0.154. The Labute approximate surface area is 98.5 Å². The Morgan fingerprint density at radius 3 is 2.76 bits per heavy atom. The Balaban J connectivity index is 2.35. The second-order valence-electron chi connectivity index (χ2n) is 3.62. The summed E-state index contributed by atoms with van der Waals surface area (Å²) in [5, 5.41) is 9.14. The molecule has 0 atom stereocenters. The van der Waals surface area contributed by atoms with Gasteiger partial charge in [0.15, 0.2) is 11.6 Å². The molecule has 0 fully saturated rings. The van der Waals surface area contributed by atoms with E-state index in [0.29, 0.717) is 11.3 Å². The molecule has 0 aliphatic heterocycles. The average molecular weight is 233 g/mol. The zero-order valence-electron chi connectivity index (χ0n) is 9.35. The fourth-order valence-electron chi connectivity index (χ4n) is 1.42. The minimum absolute atomic E-state index is 0.132. The maximum atomic E-state index is 13.4. The number of halogens is 1. The van der Waals surface area contributed by atoms with Crippen LogP contribution >= 0.6 is 0 Å². The Morgan fingerprint density at radius 1 is 1.29 bits per heavy atom. The Morgan fingerprint density at radius 2 is 2.06 bits per heavy atom. The highest BCUT2D eigenvalue weighted by Crippen LogP contribution is 2.27.